The lowest BCUT2D eigenvalue weighted by Crippen LogP contribution is -2.38. The highest BCUT2D eigenvalue weighted by molar-refractivity contribution is 5.74. The Kier molecular flexibility index (Phi) is 4.10. The number of carbonyl (C=O) groups excluding carboxylic acids is 1. The van der Waals surface area contributed by atoms with Gasteiger partial charge in [-0.25, -0.2) is 0 Å². The number of nitrogens with two attached hydrogens (primary N) is 1. The Bertz CT molecular complexity index is 181. The smallest absolute Gasteiger partial charge is 0.302 e. The molecule has 0 fully saturated rings. The van der Waals surface area contributed by atoms with Crippen LogP contribution < -0.4 is 5.73 Å². The standard InChI is InChI=1S/C7H15N3O2/c1-5(12-6(2)11)4-10(3)7(8)9/h5H,4H2,1-3H3,(H3,8,9). The van der Waals surface area contributed by atoms with E-state index in [2.05, 4.69) is 0 Å². The van der Waals surface area contributed by atoms with Gasteiger partial charge < -0.3 is 15.4 Å². The van der Waals surface area contributed by atoms with E-state index in [-0.39, 0.29) is 18.0 Å². The van der Waals surface area contributed by atoms with Crippen LogP contribution in [0.2, 0.25) is 0 Å². The maximum Gasteiger partial charge on any atom is 0.302 e. The third-order valence-electron chi connectivity index (χ3n) is 1.31. The van der Waals surface area contributed by atoms with Crippen LogP contribution in [-0.2, 0) is 9.53 Å². The summed E-state index contributed by atoms with van der Waals surface area (Å²) in [6, 6.07) is 0. The van der Waals surface area contributed by atoms with Crippen LogP contribution in [0.5, 0.6) is 0 Å². The Balaban J connectivity index is 3.76. The zero-order valence-corrected chi connectivity index (χ0v) is 7.63. The van der Waals surface area contributed by atoms with E-state index < -0.39 is 0 Å². The number of esters is 1. The van der Waals surface area contributed by atoms with E-state index in [0.717, 1.165) is 0 Å². The molecule has 0 aromatic heterocycles. The zero-order chi connectivity index (χ0) is 9.72. The zero-order valence-electron chi connectivity index (χ0n) is 7.63. The summed E-state index contributed by atoms with van der Waals surface area (Å²) in [4.78, 5) is 12.0. The van der Waals surface area contributed by atoms with E-state index in [1.54, 1.807) is 14.0 Å². The van der Waals surface area contributed by atoms with Crippen molar-refractivity contribution < 1.29 is 9.53 Å². The predicted octanol–water partition coefficient (Wildman–Crippen LogP) is -0.237. The Morgan fingerprint density at radius 1 is 1.75 bits per heavy atom. The van der Waals surface area contributed by atoms with Gasteiger partial charge in [-0.2, -0.15) is 0 Å². The molecule has 3 N–H and O–H groups in total. The molecule has 0 rings (SSSR count). The highest BCUT2D eigenvalue weighted by Gasteiger charge is 2.09. The number of ether oxygens (including phenoxy) is 1. The Labute approximate surface area is 72.0 Å². The SMILES string of the molecule is CC(=O)OC(C)CN(C)C(=N)N. The molecule has 5 nitrogen and oxygen atoms in total. The lowest BCUT2D eigenvalue weighted by Gasteiger charge is -2.20. The molecule has 0 amide bonds. The van der Waals surface area contributed by atoms with Gasteiger partial charge in [0.2, 0.25) is 0 Å². The number of carbonyl (C=O) groups is 1. The van der Waals surface area contributed by atoms with Gasteiger partial charge >= 0.3 is 5.97 Å². The van der Waals surface area contributed by atoms with Crippen LogP contribution in [0.15, 0.2) is 0 Å². The fraction of sp³-hybridized carbons (Fsp3) is 0.714. The second-order valence-corrected chi connectivity index (χ2v) is 2.69. The van der Waals surface area contributed by atoms with Gasteiger partial charge in [0.15, 0.2) is 5.96 Å². The average Bonchev–Trinajstić information content (AvgIpc) is 1.84. The van der Waals surface area contributed by atoms with Crippen LogP contribution in [0.3, 0.4) is 0 Å². The molecule has 0 aromatic rings. The molecule has 0 saturated carbocycles. The van der Waals surface area contributed by atoms with Crippen LogP contribution in [0.4, 0.5) is 0 Å². The summed E-state index contributed by atoms with van der Waals surface area (Å²) in [5, 5.41) is 7.04. The van der Waals surface area contributed by atoms with Crippen LogP contribution in [0, 0.1) is 5.41 Å². The number of nitrogens with zero attached hydrogens (tertiary/aromatic N) is 1. The van der Waals surface area contributed by atoms with Crippen LogP contribution in [0.25, 0.3) is 0 Å². The van der Waals surface area contributed by atoms with Crippen molar-refractivity contribution in [1.82, 2.24) is 4.90 Å². The molecule has 70 valence electrons. The van der Waals surface area contributed by atoms with Gasteiger partial charge in [-0.3, -0.25) is 10.2 Å². The molecule has 0 aliphatic rings. The van der Waals surface area contributed by atoms with Gasteiger partial charge in [0.05, 0.1) is 6.54 Å². The van der Waals surface area contributed by atoms with Gasteiger partial charge in [-0.05, 0) is 6.92 Å². The monoisotopic (exact) mass is 173 g/mol. The molecule has 12 heavy (non-hydrogen) atoms. The first-order valence-corrected chi connectivity index (χ1v) is 3.66. The molecule has 0 aliphatic carbocycles. The fourth-order valence-corrected chi connectivity index (χ4v) is 0.805. The van der Waals surface area contributed by atoms with Crippen molar-refractivity contribution in [1.29, 1.82) is 5.41 Å². The third-order valence-corrected chi connectivity index (χ3v) is 1.31. The third kappa shape index (κ3) is 4.54. The van der Waals surface area contributed by atoms with E-state index in [1.165, 1.54) is 11.8 Å². The molecule has 0 aromatic carbocycles. The summed E-state index contributed by atoms with van der Waals surface area (Å²) in [6.07, 6.45) is -0.239. The number of rotatable bonds is 3. The van der Waals surface area contributed by atoms with Gasteiger partial charge in [0.25, 0.3) is 0 Å². The van der Waals surface area contributed by atoms with Crippen LogP contribution >= 0.6 is 0 Å². The summed E-state index contributed by atoms with van der Waals surface area (Å²) in [7, 11) is 1.67. The van der Waals surface area contributed by atoms with Gasteiger partial charge in [-0.15, -0.1) is 0 Å². The molecule has 1 atom stereocenters. The van der Waals surface area contributed by atoms with Crippen molar-refractivity contribution in [2.75, 3.05) is 13.6 Å². The predicted molar refractivity (Wildman–Crippen MR) is 45.8 cm³/mol. The quantitative estimate of drug-likeness (QED) is 0.351. The number of guanidine groups is 1. The summed E-state index contributed by atoms with van der Waals surface area (Å²) in [6.45, 7) is 3.54. The lowest BCUT2D eigenvalue weighted by molar-refractivity contribution is -0.145. The Hall–Kier alpha value is -1.26. The normalized spacial score (nSPS) is 11.9. The molecule has 0 aliphatic heterocycles. The number of likely N-dealkylation sites (N-methyl/N-ethyl adjacent to an activating group) is 1. The molecular formula is C7H15N3O2. The molecule has 1 unspecified atom stereocenters. The van der Waals surface area contributed by atoms with Crippen LogP contribution in [-0.4, -0.2) is 36.5 Å². The van der Waals surface area contributed by atoms with Crippen LogP contribution in [0.1, 0.15) is 13.8 Å². The molecule has 0 spiro atoms. The maximum atomic E-state index is 10.5. The molecule has 0 bridgehead atoms. The summed E-state index contributed by atoms with van der Waals surface area (Å²) in [5.41, 5.74) is 5.18. The largest absolute Gasteiger partial charge is 0.461 e. The second-order valence-electron chi connectivity index (χ2n) is 2.69. The Morgan fingerprint density at radius 2 is 2.25 bits per heavy atom. The Morgan fingerprint density at radius 3 is 2.58 bits per heavy atom. The minimum atomic E-state index is -0.320. The first kappa shape index (κ1) is 10.7. The average molecular weight is 173 g/mol. The molecule has 0 heterocycles. The van der Waals surface area contributed by atoms with Crippen molar-refractivity contribution in [3.05, 3.63) is 0 Å². The van der Waals surface area contributed by atoms with Crippen molar-refractivity contribution in [2.24, 2.45) is 5.73 Å². The molecule has 0 radical (unpaired) electrons. The lowest BCUT2D eigenvalue weighted by atomic mass is 10.4. The summed E-state index contributed by atoms with van der Waals surface area (Å²) in [5.74, 6) is -0.353. The van der Waals surface area contributed by atoms with Gasteiger partial charge in [-0.1, -0.05) is 0 Å². The topological polar surface area (TPSA) is 79.4 Å². The van der Waals surface area contributed by atoms with E-state index in [9.17, 15) is 4.79 Å². The number of hydrogen-bond donors (Lipinski definition) is 2. The first-order chi connectivity index (χ1) is 5.43. The van der Waals surface area contributed by atoms with Crippen molar-refractivity contribution in [3.8, 4) is 0 Å². The highest BCUT2D eigenvalue weighted by Crippen LogP contribution is 1.93. The van der Waals surface area contributed by atoms with Crippen molar-refractivity contribution in [3.63, 3.8) is 0 Å². The second kappa shape index (κ2) is 4.58. The molecular weight excluding hydrogens is 158 g/mol. The first-order valence-electron chi connectivity index (χ1n) is 3.66. The molecule has 5 heteroatoms. The van der Waals surface area contributed by atoms with Crippen molar-refractivity contribution in [2.45, 2.75) is 20.0 Å². The van der Waals surface area contributed by atoms with E-state index in [1.807, 2.05) is 0 Å². The minimum absolute atomic E-state index is 0.0333. The van der Waals surface area contributed by atoms with Gasteiger partial charge in [0, 0.05) is 14.0 Å². The van der Waals surface area contributed by atoms with Crippen molar-refractivity contribution >= 4 is 11.9 Å². The minimum Gasteiger partial charge on any atom is -0.461 e. The van der Waals surface area contributed by atoms with E-state index in [4.69, 9.17) is 15.9 Å². The number of hydrogen-bond acceptors (Lipinski definition) is 3. The maximum absolute atomic E-state index is 10.5. The van der Waals surface area contributed by atoms with Gasteiger partial charge in [0.1, 0.15) is 6.10 Å². The summed E-state index contributed by atoms with van der Waals surface area (Å²) >= 11 is 0. The number of nitrogens with one attached hydrogen (secondary N) is 1. The highest BCUT2D eigenvalue weighted by atomic mass is 16.5. The fourth-order valence-electron chi connectivity index (χ4n) is 0.805. The van der Waals surface area contributed by atoms with E-state index >= 15 is 0 Å². The van der Waals surface area contributed by atoms with E-state index in [0.29, 0.717) is 6.54 Å². The molecule has 0 saturated heterocycles. The summed E-state index contributed by atoms with van der Waals surface area (Å²) < 4.78 is 4.84.